The number of ether oxygens (including phenoxy) is 1. The first-order valence-electron chi connectivity index (χ1n) is 5.34. The third kappa shape index (κ3) is 5.09. The third-order valence-corrected chi connectivity index (χ3v) is 3.01. The van der Waals surface area contributed by atoms with Gasteiger partial charge >= 0.3 is 0 Å². The summed E-state index contributed by atoms with van der Waals surface area (Å²) in [5.41, 5.74) is 0. The number of thioether (sulfide) groups is 1. The van der Waals surface area contributed by atoms with Crippen molar-refractivity contribution >= 4 is 11.8 Å². The fourth-order valence-electron chi connectivity index (χ4n) is 1.23. The van der Waals surface area contributed by atoms with Crippen molar-refractivity contribution in [2.75, 3.05) is 26.0 Å². The van der Waals surface area contributed by atoms with E-state index in [1.807, 2.05) is 23.9 Å². The summed E-state index contributed by atoms with van der Waals surface area (Å²) in [5, 5.41) is 3.38. The first kappa shape index (κ1) is 12.4. The molecule has 84 valence electrons. The van der Waals surface area contributed by atoms with Crippen LogP contribution in [0, 0.1) is 0 Å². The SMILES string of the molecule is CCCNCCSc1cccc(OC)c1. The molecule has 0 heterocycles. The molecule has 0 atom stereocenters. The second-order valence-electron chi connectivity index (χ2n) is 3.28. The van der Waals surface area contributed by atoms with Gasteiger partial charge in [0.1, 0.15) is 5.75 Å². The monoisotopic (exact) mass is 225 g/mol. The molecule has 0 aromatic heterocycles. The molecule has 0 aliphatic carbocycles. The van der Waals surface area contributed by atoms with Gasteiger partial charge in [0.15, 0.2) is 0 Å². The lowest BCUT2D eigenvalue weighted by atomic mass is 10.3. The van der Waals surface area contributed by atoms with Crippen LogP contribution >= 0.6 is 11.8 Å². The Morgan fingerprint density at radius 1 is 1.33 bits per heavy atom. The first-order valence-corrected chi connectivity index (χ1v) is 6.33. The maximum Gasteiger partial charge on any atom is 0.119 e. The number of benzene rings is 1. The second-order valence-corrected chi connectivity index (χ2v) is 4.45. The standard InChI is InChI=1S/C12H19NOS/c1-3-7-13-8-9-15-12-6-4-5-11(10-12)14-2/h4-6,10,13H,3,7-9H2,1-2H3. The maximum absolute atomic E-state index is 5.17. The van der Waals surface area contributed by atoms with Gasteiger partial charge in [0.05, 0.1) is 7.11 Å². The summed E-state index contributed by atoms with van der Waals surface area (Å²) in [6.07, 6.45) is 1.20. The Morgan fingerprint density at radius 2 is 2.20 bits per heavy atom. The number of hydrogen-bond acceptors (Lipinski definition) is 3. The van der Waals surface area contributed by atoms with Gasteiger partial charge < -0.3 is 10.1 Å². The third-order valence-electron chi connectivity index (χ3n) is 2.02. The topological polar surface area (TPSA) is 21.3 Å². The predicted molar refractivity (Wildman–Crippen MR) is 66.9 cm³/mol. The van der Waals surface area contributed by atoms with Crippen LogP contribution in [0.25, 0.3) is 0 Å². The molecule has 2 nitrogen and oxygen atoms in total. The summed E-state index contributed by atoms with van der Waals surface area (Å²) >= 11 is 1.86. The fourth-order valence-corrected chi connectivity index (χ4v) is 2.09. The lowest BCUT2D eigenvalue weighted by molar-refractivity contribution is 0.413. The van der Waals surface area contributed by atoms with Gasteiger partial charge in [0.25, 0.3) is 0 Å². The maximum atomic E-state index is 5.17. The molecule has 0 saturated heterocycles. The van der Waals surface area contributed by atoms with E-state index in [2.05, 4.69) is 24.4 Å². The van der Waals surface area contributed by atoms with Crippen LogP contribution in [0.2, 0.25) is 0 Å². The van der Waals surface area contributed by atoms with E-state index in [4.69, 9.17) is 4.74 Å². The van der Waals surface area contributed by atoms with Crippen LogP contribution in [-0.2, 0) is 0 Å². The summed E-state index contributed by atoms with van der Waals surface area (Å²) in [4.78, 5) is 1.27. The average molecular weight is 225 g/mol. The van der Waals surface area contributed by atoms with Crippen molar-refractivity contribution in [3.8, 4) is 5.75 Å². The lowest BCUT2D eigenvalue weighted by Crippen LogP contribution is -2.17. The van der Waals surface area contributed by atoms with Crippen molar-refractivity contribution in [1.82, 2.24) is 5.32 Å². The largest absolute Gasteiger partial charge is 0.497 e. The second kappa shape index (κ2) is 7.60. The minimum Gasteiger partial charge on any atom is -0.497 e. The molecule has 0 spiro atoms. The molecule has 15 heavy (non-hydrogen) atoms. The van der Waals surface area contributed by atoms with Gasteiger partial charge in [-0.15, -0.1) is 11.8 Å². The molecule has 0 unspecified atom stereocenters. The molecule has 1 aromatic carbocycles. The van der Waals surface area contributed by atoms with Crippen LogP contribution < -0.4 is 10.1 Å². The molecule has 0 amide bonds. The van der Waals surface area contributed by atoms with E-state index in [-0.39, 0.29) is 0 Å². The van der Waals surface area contributed by atoms with Gasteiger partial charge in [-0.3, -0.25) is 0 Å². The summed E-state index contributed by atoms with van der Waals surface area (Å²) in [7, 11) is 1.70. The highest BCUT2D eigenvalue weighted by Crippen LogP contribution is 2.22. The number of rotatable bonds is 7. The van der Waals surface area contributed by atoms with Gasteiger partial charge in [-0.1, -0.05) is 13.0 Å². The Hall–Kier alpha value is -0.670. The molecule has 1 rings (SSSR count). The molecule has 0 aliphatic heterocycles. The Bertz CT molecular complexity index is 278. The molecule has 1 aromatic rings. The molecule has 0 fully saturated rings. The van der Waals surface area contributed by atoms with E-state index in [9.17, 15) is 0 Å². The molecular weight excluding hydrogens is 206 g/mol. The van der Waals surface area contributed by atoms with E-state index < -0.39 is 0 Å². The van der Waals surface area contributed by atoms with Crippen LogP contribution in [0.1, 0.15) is 13.3 Å². The van der Waals surface area contributed by atoms with E-state index in [0.29, 0.717) is 0 Å². The minimum atomic E-state index is 0.932. The normalized spacial score (nSPS) is 10.3. The van der Waals surface area contributed by atoms with Gasteiger partial charge in [0.2, 0.25) is 0 Å². The van der Waals surface area contributed by atoms with Crippen molar-refractivity contribution in [1.29, 1.82) is 0 Å². The molecule has 0 bridgehead atoms. The van der Waals surface area contributed by atoms with Crippen molar-refractivity contribution < 1.29 is 4.74 Å². The quantitative estimate of drug-likeness (QED) is 0.569. The Balaban J connectivity index is 2.24. The van der Waals surface area contributed by atoms with E-state index in [0.717, 1.165) is 24.6 Å². The van der Waals surface area contributed by atoms with Gasteiger partial charge in [-0.25, -0.2) is 0 Å². The van der Waals surface area contributed by atoms with Gasteiger partial charge in [0, 0.05) is 17.2 Å². The van der Waals surface area contributed by atoms with Crippen LogP contribution in [0.5, 0.6) is 5.75 Å². The molecule has 0 saturated carbocycles. The van der Waals surface area contributed by atoms with Crippen molar-refractivity contribution in [2.45, 2.75) is 18.2 Å². The molecule has 0 radical (unpaired) electrons. The highest BCUT2D eigenvalue weighted by molar-refractivity contribution is 7.99. The summed E-state index contributed by atoms with van der Waals surface area (Å²) in [6, 6.07) is 8.19. The summed E-state index contributed by atoms with van der Waals surface area (Å²) in [5.74, 6) is 2.04. The van der Waals surface area contributed by atoms with Crippen LogP contribution in [0.3, 0.4) is 0 Å². The Kier molecular flexibility index (Phi) is 6.28. The number of methoxy groups -OCH3 is 1. The zero-order chi connectivity index (χ0) is 10.9. The molecule has 1 N–H and O–H groups in total. The fraction of sp³-hybridized carbons (Fsp3) is 0.500. The van der Waals surface area contributed by atoms with Crippen LogP contribution in [-0.4, -0.2) is 26.0 Å². The van der Waals surface area contributed by atoms with Crippen molar-refractivity contribution in [3.63, 3.8) is 0 Å². The minimum absolute atomic E-state index is 0.932. The highest BCUT2D eigenvalue weighted by Gasteiger charge is 1.96. The summed E-state index contributed by atoms with van der Waals surface area (Å²) < 4.78 is 5.17. The van der Waals surface area contributed by atoms with E-state index >= 15 is 0 Å². The van der Waals surface area contributed by atoms with E-state index in [1.54, 1.807) is 7.11 Å². The van der Waals surface area contributed by atoms with E-state index in [1.165, 1.54) is 11.3 Å². The number of hydrogen-bond donors (Lipinski definition) is 1. The smallest absolute Gasteiger partial charge is 0.119 e. The van der Waals surface area contributed by atoms with Gasteiger partial charge in [-0.2, -0.15) is 0 Å². The summed E-state index contributed by atoms with van der Waals surface area (Å²) in [6.45, 7) is 4.36. The molecule has 3 heteroatoms. The van der Waals surface area contributed by atoms with Crippen LogP contribution in [0.15, 0.2) is 29.2 Å². The first-order chi connectivity index (χ1) is 7.36. The Morgan fingerprint density at radius 3 is 2.93 bits per heavy atom. The molecule has 0 aliphatic rings. The average Bonchev–Trinajstić information content (AvgIpc) is 2.29. The van der Waals surface area contributed by atoms with Crippen LogP contribution in [0.4, 0.5) is 0 Å². The van der Waals surface area contributed by atoms with Crippen molar-refractivity contribution in [2.24, 2.45) is 0 Å². The zero-order valence-corrected chi connectivity index (χ0v) is 10.3. The van der Waals surface area contributed by atoms with Crippen molar-refractivity contribution in [3.05, 3.63) is 24.3 Å². The lowest BCUT2D eigenvalue weighted by Gasteiger charge is -2.05. The Labute approximate surface area is 96.4 Å². The number of nitrogens with one attached hydrogen (secondary N) is 1. The highest BCUT2D eigenvalue weighted by atomic mass is 32.2. The molecular formula is C12H19NOS. The zero-order valence-electron chi connectivity index (χ0n) is 9.45. The predicted octanol–water partition coefficient (Wildman–Crippen LogP) is 2.79. The van der Waals surface area contributed by atoms with Gasteiger partial charge in [-0.05, 0) is 31.2 Å².